The number of aromatic nitrogens is 1. The number of benzene rings is 2. The number of carbonyl (C=O) groups is 1. The molecule has 3 rings (SSSR count). The number of nitrogens with zero attached hydrogens (tertiary/aromatic N) is 1. The van der Waals surface area contributed by atoms with E-state index in [1.54, 1.807) is 17.5 Å². The monoisotopic (exact) mass is 385 g/mol. The van der Waals surface area contributed by atoms with Gasteiger partial charge in [-0.05, 0) is 55.3 Å². The molecule has 0 aliphatic heterocycles. The van der Waals surface area contributed by atoms with Crippen LogP contribution in [-0.4, -0.2) is 24.0 Å². The number of nitrogens with one attached hydrogen (secondary N) is 2. The highest BCUT2D eigenvalue weighted by Crippen LogP contribution is 2.23. The van der Waals surface area contributed by atoms with E-state index in [2.05, 4.69) is 15.6 Å². The van der Waals surface area contributed by atoms with E-state index in [1.807, 2.05) is 31.2 Å². The molecule has 0 spiro atoms. The summed E-state index contributed by atoms with van der Waals surface area (Å²) in [5.74, 6) is 0.314. The summed E-state index contributed by atoms with van der Waals surface area (Å²) in [5, 5.41) is 8.35. The Hall–Kier alpha value is -2.93. The summed E-state index contributed by atoms with van der Waals surface area (Å²) >= 11 is 1.36. The van der Waals surface area contributed by atoms with E-state index in [0.717, 1.165) is 17.0 Å². The summed E-state index contributed by atoms with van der Waals surface area (Å²) in [4.78, 5) is 16.5. The molecule has 140 valence electrons. The van der Waals surface area contributed by atoms with Crippen LogP contribution < -0.4 is 15.4 Å². The first kappa shape index (κ1) is 18.8. The number of ether oxygens (including phenoxy) is 1. The van der Waals surface area contributed by atoms with Crippen LogP contribution in [0.4, 0.5) is 15.2 Å². The van der Waals surface area contributed by atoms with Gasteiger partial charge < -0.3 is 15.4 Å². The standard InChI is InChI=1S/C20H20FN3O2S/c1-2-26-17-9-7-16(8-10-17)23-20-24-18(13-27-20)19(25)22-12-11-14-3-5-15(21)6-4-14/h3-10,13H,2,11-12H2,1H3,(H,22,25)(H,23,24). The molecule has 2 aromatic carbocycles. The van der Waals surface area contributed by atoms with Crippen LogP contribution in [0.25, 0.3) is 0 Å². The molecule has 0 radical (unpaired) electrons. The third-order valence-electron chi connectivity index (χ3n) is 3.77. The Morgan fingerprint density at radius 3 is 2.59 bits per heavy atom. The van der Waals surface area contributed by atoms with Crippen molar-refractivity contribution in [2.24, 2.45) is 0 Å². The summed E-state index contributed by atoms with van der Waals surface area (Å²) in [6.07, 6.45) is 0.632. The average molecular weight is 385 g/mol. The summed E-state index contributed by atoms with van der Waals surface area (Å²) in [6.45, 7) is 3.02. The molecule has 27 heavy (non-hydrogen) atoms. The van der Waals surface area contributed by atoms with E-state index in [1.165, 1.54) is 23.5 Å². The van der Waals surface area contributed by atoms with Gasteiger partial charge in [0.25, 0.3) is 5.91 Å². The summed E-state index contributed by atoms with van der Waals surface area (Å²) in [6, 6.07) is 13.8. The molecule has 0 aliphatic carbocycles. The zero-order valence-corrected chi connectivity index (χ0v) is 15.7. The fourth-order valence-corrected chi connectivity index (χ4v) is 3.13. The Morgan fingerprint density at radius 2 is 1.89 bits per heavy atom. The number of rotatable bonds is 8. The lowest BCUT2D eigenvalue weighted by atomic mass is 10.1. The summed E-state index contributed by atoms with van der Waals surface area (Å²) in [7, 11) is 0. The van der Waals surface area contributed by atoms with Crippen LogP contribution in [0.1, 0.15) is 23.0 Å². The van der Waals surface area contributed by atoms with Crippen molar-refractivity contribution < 1.29 is 13.9 Å². The second-order valence-corrected chi connectivity index (χ2v) is 6.61. The predicted octanol–water partition coefficient (Wildman–Crippen LogP) is 4.40. The molecule has 1 amide bonds. The highest BCUT2D eigenvalue weighted by molar-refractivity contribution is 7.14. The van der Waals surface area contributed by atoms with Crippen molar-refractivity contribution in [2.45, 2.75) is 13.3 Å². The van der Waals surface area contributed by atoms with Crippen LogP contribution in [0.5, 0.6) is 5.75 Å². The van der Waals surface area contributed by atoms with Crippen LogP contribution in [0.3, 0.4) is 0 Å². The molecule has 1 aromatic heterocycles. The van der Waals surface area contributed by atoms with Gasteiger partial charge in [0.1, 0.15) is 17.3 Å². The van der Waals surface area contributed by atoms with E-state index in [9.17, 15) is 9.18 Å². The van der Waals surface area contributed by atoms with Gasteiger partial charge in [-0.25, -0.2) is 9.37 Å². The van der Waals surface area contributed by atoms with Crippen molar-refractivity contribution in [1.29, 1.82) is 0 Å². The molecule has 0 atom stereocenters. The van der Waals surface area contributed by atoms with Crippen molar-refractivity contribution in [2.75, 3.05) is 18.5 Å². The first-order chi connectivity index (χ1) is 13.1. The van der Waals surface area contributed by atoms with Gasteiger partial charge in [0, 0.05) is 17.6 Å². The predicted molar refractivity (Wildman–Crippen MR) is 105 cm³/mol. The van der Waals surface area contributed by atoms with Crippen LogP contribution in [0.2, 0.25) is 0 Å². The molecule has 0 aliphatic rings. The largest absolute Gasteiger partial charge is 0.494 e. The average Bonchev–Trinajstić information content (AvgIpc) is 3.14. The van der Waals surface area contributed by atoms with Gasteiger partial charge in [0.2, 0.25) is 0 Å². The topological polar surface area (TPSA) is 63.2 Å². The minimum absolute atomic E-state index is 0.229. The SMILES string of the molecule is CCOc1ccc(Nc2nc(C(=O)NCCc3ccc(F)cc3)cs2)cc1. The van der Waals surface area contributed by atoms with Crippen LogP contribution in [0, 0.1) is 5.82 Å². The van der Waals surface area contributed by atoms with Crippen molar-refractivity contribution in [3.63, 3.8) is 0 Å². The molecule has 0 fully saturated rings. The van der Waals surface area contributed by atoms with Crippen molar-refractivity contribution >= 4 is 28.1 Å². The fourth-order valence-electron chi connectivity index (χ4n) is 2.42. The molecule has 0 bridgehead atoms. The molecule has 2 N–H and O–H groups in total. The van der Waals surface area contributed by atoms with E-state index in [0.29, 0.717) is 30.4 Å². The second-order valence-electron chi connectivity index (χ2n) is 5.75. The van der Waals surface area contributed by atoms with Crippen molar-refractivity contribution in [3.8, 4) is 5.75 Å². The zero-order valence-electron chi connectivity index (χ0n) is 14.9. The Bertz CT molecular complexity index is 879. The maximum atomic E-state index is 12.9. The van der Waals surface area contributed by atoms with E-state index < -0.39 is 0 Å². The van der Waals surface area contributed by atoms with Crippen molar-refractivity contribution in [3.05, 3.63) is 71.0 Å². The number of hydrogen-bond acceptors (Lipinski definition) is 5. The van der Waals surface area contributed by atoms with Crippen molar-refractivity contribution in [1.82, 2.24) is 10.3 Å². The zero-order chi connectivity index (χ0) is 19.1. The van der Waals surface area contributed by atoms with Crippen LogP contribution in [0.15, 0.2) is 53.9 Å². The first-order valence-corrected chi connectivity index (χ1v) is 9.50. The first-order valence-electron chi connectivity index (χ1n) is 8.62. The Morgan fingerprint density at radius 1 is 1.15 bits per heavy atom. The second kappa shape index (κ2) is 9.14. The Labute approximate surface area is 161 Å². The van der Waals surface area contributed by atoms with Gasteiger partial charge in [-0.15, -0.1) is 11.3 Å². The summed E-state index contributed by atoms with van der Waals surface area (Å²) < 4.78 is 18.3. The lowest BCUT2D eigenvalue weighted by Gasteiger charge is -2.05. The van der Waals surface area contributed by atoms with E-state index >= 15 is 0 Å². The minimum atomic E-state index is -0.266. The third-order valence-corrected chi connectivity index (χ3v) is 4.52. The van der Waals surface area contributed by atoms with E-state index in [4.69, 9.17) is 4.74 Å². The smallest absolute Gasteiger partial charge is 0.270 e. The lowest BCUT2D eigenvalue weighted by molar-refractivity contribution is 0.0950. The van der Waals surface area contributed by atoms with Crippen LogP contribution >= 0.6 is 11.3 Å². The number of anilines is 2. The molecule has 7 heteroatoms. The lowest BCUT2D eigenvalue weighted by Crippen LogP contribution is -2.25. The molecule has 0 unspecified atom stereocenters. The summed E-state index contributed by atoms with van der Waals surface area (Å²) in [5.41, 5.74) is 2.21. The number of halogens is 1. The third kappa shape index (κ3) is 5.52. The van der Waals surface area contributed by atoms with Gasteiger partial charge in [-0.2, -0.15) is 0 Å². The minimum Gasteiger partial charge on any atom is -0.494 e. The van der Waals surface area contributed by atoms with Gasteiger partial charge in [-0.1, -0.05) is 12.1 Å². The number of thiazole rings is 1. The number of hydrogen-bond donors (Lipinski definition) is 2. The number of amides is 1. The molecule has 0 saturated heterocycles. The molecule has 3 aromatic rings. The molecule has 0 saturated carbocycles. The highest BCUT2D eigenvalue weighted by atomic mass is 32.1. The maximum Gasteiger partial charge on any atom is 0.270 e. The fraction of sp³-hybridized carbons (Fsp3) is 0.200. The normalized spacial score (nSPS) is 10.4. The molecule has 1 heterocycles. The number of carbonyl (C=O) groups excluding carboxylic acids is 1. The Kier molecular flexibility index (Phi) is 6.38. The Balaban J connectivity index is 1.50. The molecule has 5 nitrogen and oxygen atoms in total. The van der Waals surface area contributed by atoms with Crippen LogP contribution in [-0.2, 0) is 6.42 Å². The van der Waals surface area contributed by atoms with Gasteiger partial charge in [0.05, 0.1) is 6.61 Å². The van der Waals surface area contributed by atoms with Gasteiger partial charge >= 0.3 is 0 Å². The molecular weight excluding hydrogens is 365 g/mol. The quantitative estimate of drug-likeness (QED) is 0.603. The van der Waals surface area contributed by atoms with Gasteiger partial charge in [-0.3, -0.25) is 4.79 Å². The highest BCUT2D eigenvalue weighted by Gasteiger charge is 2.10. The van der Waals surface area contributed by atoms with Gasteiger partial charge in [0.15, 0.2) is 5.13 Å². The van der Waals surface area contributed by atoms with E-state index in [-0.39, 0.29) is 11.7 Å². The molecular formula is C20H20FN3O2S. The maximum absolute atomic E-state index is 12.9.